The van der Waals surface area contributed by atoms with Gasteiger partial charge in [-0.05, 0) is 18.2 Å². The monoisotopic (exact) mass is 312 g/mol. The fraction of sp³-hybridized carbons (Fsp3) is 0.278. The van der Waals surface area contributed by atoms with Crippen molar-refractivity contribution >= 4 is 5.78 Å². The molecular weight excluding hydrogens is 296 g/mol. The molecule has 2 aliphatic heterocycles. The van der Waals surface area contributed by atoms with E-state index in [1.165, 1.54) is 0 Å². The highest BCUT2D eigenvalue weighted by Crippen LogP contribution is 2.63. The first kappa shape index (κ1) is 14.1. The molecule has 0 bridgehead atoms. The minimum absolute atomic E-state index is 0.131. The second-order valence-corrected chi connectivity index (χ2v) is 5.72. The molecule has 0 radical (unpaired) electrons. The second kappa shape index (κ2) is 4.49. The SMILES string of the molecule is COc1ccc2c(c1)OC1(C)OC1(c1ccccc1OC)C2=O. The smallest absolute Gasteiger partial charge is 0.250 e. The predicted molar refractivity (Wildman–Crippen MR) is 82.1 cm³/mol. The molecule has 5 nitrogen and oxygen atoms in total. The Morgan fingerprint density at radius 2 is 1.83 bits per heavy atom. The highest BCUT2D eigenvalue weighted by Gasteiger charge is 2.78. The average Bonchev–Trinajstić information content (AvgIpc) is 3.21. The fourth-order valence-electron chi connectivity index (χ4n) is 3.27. The first-order chi connectivity index (χ1) is 11.1. The number of rotatable bonds is 3. The van der Waals surface area contributed by atoms with Crippen LogP contribution in [0.2, 0.25) is 0 Å². The van der Waals surface area contributed by atoms with Crippen LogP contribution in [0.1, 0.15) is 22.8 Å². The summed E-state index contributed by atoms with van der Waals surface area (Å²) in [5, 5.41) is 0. The highest BCUT2D eigenvalue weighted by molar-refractivity contribution is 6.09. The number of methoxy groups -OCH3 is 2. The van der Waals surface area contributed by atoms with E-state index in [0.717, 1.165) is 0 Å². The topological polar surface area (TPSA) is 57.3 Å². The number of epoxide rings is 1. The molecule has 0 aliphatic carbocycles. The minimum Gasteiger partial charge on any atom is -0.497 e. The zero-order valence-corrected chi connectivity index (χ0v) is 13.1. The van der Waals surface area contributed by atoms with Crippen LogP contribution in [-0.4, -0.2) is 25.8 Å². The Hall–Kier alpha value is -2.53. The van der Waals surface area contributed by atoms with Crippen LogP contribution in [0.4, 0.5) is 0 Å². The van der Waals surface area contributed by atoms with E-state index in [4.69, 9.17) is 18.9 Å². The van der Waals surface area contributed by atoms with Gasteiger partial charge in [-0.3, -0.25) is 4.79 Å². The third-order valence-corrected chi connectivity index (χ3v) is 4.49. The first-order valence-electron chi connectivity index (χ1n) is 7.31. The number of benzene rings is 2. The Morgan fingerprint density at radius 3 is 2.57 bits per heavy atom. The summed E-state index contributed by atoms with van der Waals surface area (Å²) in [7, 11) is 3.14. The van der Waals surface area contributed by atoms with E-state index in [1.54, 1.807) is 39.3 Å². The summed E-state index contributed by atoms with van der Waals surface area (Å²) in [5.74, 6) is 0.530. The minimum atomic E-state index is -1.17. The van der Waals surface area contributed by atoms with Gasteiger partial charge >= 0.3 is 0 Å². The van der Waals surface area contributed by atoms with E-state index in [-0.39, 0.29) is 5.78 Å². The lowest BCUT2D eigenvalue weighted by molar-refractivity contribution is 0.0735. The van der Waals surface area contributed by atoms with Crippen molar-refractivity contribution in [2.75, 3.05) is 14.2 Å². The van der Waals surface area contributed by atoms with Crippen LogP contribution < -0.4 is 14.2 Å². The number of carbonyl (C=O) groups excluding carboxylic acids is 1. The van der Waals surface area contributed by atoms with Gasteiger partial charge < -0.3 is 18.9 Å². The van der Waals surface area contributed by atoms with Gasteiger partial charge in [0.2, 0.25) is 11.4 Å². The number of carbonyl (C=O) groups is 1. The van der Waals surface area contributed by atoms with Crippen molar-refractivity contribution in [1.29, 1.82) is 0 Å². The molecule has 2 aromatic carbocycles. The average molecular weight is 312 g/mol. The van der Waals surface area contributed by atoms with Crippen LogP contribution in [0.25, 0.3) is 0 Å². The van der Waals surface area contributed by atoms with Crippen molar-refractivity contribution in [3.8, 4) is 17.2 Å². The molecule has 23 heavy (non-hydrogen) atoms. The molecule has 4 rings (SSSR count). The van der Waals surface area contributed by atoms with Crippen molar-refractivity contribution in [2.45, 2.75) is 18.3 Å². The maximum atomic E-state index is 13.2. The number of ketones is 1. The Balaban J connectivity index is 1.88. The summed E-state index contributed by atoms with van der Waals surface area (Å²) in [6, 6.07) is 12.5. The molecule has 0 amide bonds. The van der Waals surface area contributed by atoms with E-state index >= 15 is 0 Å². The Labute approximate surface area is 133 Å². The van der Waals surface area contributed by atoms with Gasteiger partial charge in [-0.2, -0.15) is 0 Å². The zero-order chi connectivity index (χ0) is 16.2. The van der Waals surface area contributed by atoms with E-state index in [1.807, 2.05) is 24.3 Å². The van der Waals surface area contributed by atoms with E-state index in [0.29, 0.717) is 28.4 Å². The van der Waals surface area contributed by atoms with E-state index in [9.17, 15) is 4.79 Å². The number of hydrogen-bond donors (Lipinski definition) is 0. The number of hydrogen-bond acceptors (Lipinski definition) is 5. The van der Waals surface area contributed by atoms with Gasteiger partial charge in [0, 0.05) is 18.6 Å². The summed E-state index contributed by atoms with van der Waals surface area (Å²) in [5.41, 5.74) is -0.00979. The lowest BCUT2D eigenvalue weighted by atomic mass is 9.83. The maximum Gasteiger partial charge on any atom is 0.250 e. The van der Waals surface area contributed by atoms with Crippen LogP contribution in [0.15, 0.2) is 42.5 Å². The Morgan fingerprint density at radius 1 is 1.04 bits per heavy atom. The molecule has 2 heterocycles. The van der Waals surface area contributed by atoms with Gasteiger partial charge in [-0.15, -0.1) is 0 Å². The Kier molecular flexibility index (Phi) is 2.75. The standard InChI is InChI=1S/C18H16O5/c1-17-18(23-17,13-6-4-5-7-14(13)21-3)16(19)12-9-8-11(20-2)10-15(12)22-17/h4-10H,1-3H3. The van der Waals surface area contributed by atoms with Gasteiger partial charge in [0.25, 0.3) is 5.79 Å². The summed E-state index contributed by atoms with van der Waals surface area (Å²) in [6.45, 7) is 1.76. The van der Waals surface area contributed by atoms with Crippen molar-refractivity contribution < 1.29 is 23.7 Å². The normalized spacial score (nSPS) is 27.5. The van der Waals surface area contributed by atoms with Crippen molar-refractivity contribution in [3.63, 3.8) is 0 Å². The maximum absolute atomic E-state index is 13.2. The zero-order valence-electron chi connectivity index (χ0n) is 13.1. The Bertz CT molecular complexity index is 815. The van der Waals surface area contributed by atoms with Crippen LogP contribution in [-0.2, 0) is 10.3 Å². The molecule has 0 saturated carbocycles. The summed E-state index contributed by atoms with van der Waals surface area (Å²) < 4.78 is 22.4. The fourth-order valence-corrected chi connectivity index (χ4v) is 3.27. The predicted octanol–water partition coefficient (Wildman–Crippen LogP) is 2.92. The van der Waals surface area contributed by atoms with Crippen molar-refractivity contribution in [2.24, 2.45) is 0 Å². The van der Waals surface area contributed by atoms with Crippen LogP contribution in [0.5, 0.6) is 17.2 Å². The summed E-state index contributed by atoms with van der Waals surface area (Å²) in [4.78, 5) is 13.2. The first-order valence-corrected chi connectivity index (χ1v) is 7.31. The van der Waals surface area contributed by atoms with Crippen molar-refractivity contribution in [1.82, 2.24) is 0 Å². The van der Waals surface area contributed by atoms with Crippen LogP contribution >= 0.6 is 0 Å². The van der Waals surface area contributed by atoms with E-state index < -0.39 is 11.4 Å². The number of Topliss-reactive ketones (excluding diaryl/α,β-unsaturated/α-hetero) is 1. The van der Waals surface area contributed by atoms with Gasteiger partial charge in [0.1, 0.15) is 17.2 Å². The highest BCUT2D eigenvalue weighted by atomic mass is 16.8. The lowest BCUT2D eigenvalue weighted by Gasteiger charge is -2.26. The molecule has 1 saturated heterocycles. The van der Waals surface area contributed by atoms with Gasteiger partial charge in [0.05, 0.1) is 19.8 Å². The summed E-state index contributed by atoms with van der Waals surface area (Å²) >= 11 is 0. The molecule has 2 unspecified atom stereocenters. The molecule has 0 aromatic heterocycles. The number of para-hydroxylation sites is 1. The molecule has 0 spiro atoms. The largest absolute Gasteiger partial charge is 0.497 e. The number of fused-ring (bicyclic) bond motifs is 2. The molecule has 2 aromatic rings. The third kappa shape index (κ3) is 1.68. The molecule has 5 heteroatoms. The van der Waals surface area contributed by atoms with Crippen molar-refractivity contribution in [3.05, 3.63) is 53.6 Å². The van der Waals surface area contributed by atoms with Gasteiger partial charge in [-0.1, -0.05) is 18.2 Å². The van der Waals surface area contributed by atoms with Crippen LogP contribution in [0.3, 0.4) is 0 Å². The quantitative estimate of drug-likeness (QED) is 0.816. The molecule has 2 aliphatic rings. The molecule has 2 atom stereocenters. The third-order valence-electron chi connectivity index (χ3n) is 4.49. The second-order valence-electron chi connectivity index (χ2n) is 5.72. The van der Waals surface area contributed by atoms with Gasteiger partial charge in [-0.25, -0.2) is 0 Å². The molecule has 1 fully saturated rings. The number of ether oxygens (including phenoxy) is 4. The molecular formula is C18H16O5. The van der Waals surface area contributed by atoms with Crippen LogP contribution in [0, 0.1) is 0 Å². The summed E-state index contributed by atoms with van der Waals surface area (Å²) in [6.07, 6.45) is 0. The van der Waals surface area contributed by atoms with E-state index in [2.05, 4.69) is 0 Å². The molecule has 118 valence electrons. The van der Waals surface area contributed by atoms with Gasteiger partial charge in [0.15, 0.2) is 0 Å². The lowest BCUT2D eigenvalue weighted by Crippen LogP contribution is -2.38. The molecule has 0 N–H and O–H groups in total.